The Balaban J connectivity index is 2.41. The summed E-state index contributed by atoms with van der Waals surface area (Å²) in [5.41, 5.74) is 9.41. The highest BCUT2D eigenvalue weighted by Crippen LogP contribution is 2.39. The molecule has 3 rings (SSSR count). The lowest BCUT2D eigenvalue weighted by atomic mass is 10.1. The van der Waals surface area contributed by atoms with E-state index in [0.717, 1.165) is 23.7 Å². The fraction of sp³-hybridized carbons (Fsp3) is 0.273. The number of halogens is 2. The number of aryl methyl sites for hydroxylation is 1. The predicted molar refractivity (Wildman–Crippen MR) is 63.6 cm³/mol. The molecule has 0 radical (unpaired) electrons. The molecule has 78 valence electrons. The van der Waals surface area contributed by atoms with Crippen LogP contribution in [-0.2, 0) is 6.42 Å². The van der Waals surface area contributed by atoms with Crippen LogP contribution in [0.2, 0.25) is 10.0 Å². The fourth-order valence-electron chi connectivity index (χ4n) is 2.36. The zero-order chi connectivity index (χ0) is 10.6. The lowest BCUT2D eigenvalue weighted by Gasteiger charge is -2.03. The van der Waals surface area contributed by atoms with Crippen LogP contribution < -0.4 is 5.73 Å². The molecule has 1 unspecified atom stereocenters. The van der Waals surface area contributed by atoms with Gasteiger partial charge in [-0.3, -0.25) is 0 Å². The Morgan fingerprint density at radius 2 is 2.13 bits per heavy atom. The SMILES string of the molecule is NC1CCc2[nH]c3c(Cl)cc(Cl)cc3c21. The van der Waals surface area contributed by atoms with E-state index in [2.05, 4.69) is 4.98 Å². The molecule has 1 aromatic heterocycles. The highest BCUT2D eigenvalue weighted by molar-refractivity contribution is 6.38. The third-order valence-corrected chi connectivity index (χ3v) is 3.54. The lowest BCUT2D eigenvalue weighted by Crippen LogP contribution is -2.04. The minimum Gasteiger partial charge on any atom is -0.357 e. The van der Waals surface area contributed by atoms with E-state index in [-0.39, 0.29) is 6.04 Å². The summed E-state index contributed by atoms with van der Waals surface area (Å²) >= 11 is 12.1. The van der Waals surface area contributed by atoms with Crippen molar-refractivity contribution >= 4 is 34.1 Å². The second-order valence-corrected chi connectivity index (χ2v) is 4.82. The van der Waals surface area contributed by atoms with Gasteiger partial charge in [0.1, 0.15) is 0 Å². The number of nitrogens with two attached hydrogens (primary N) is 1. The first-order valence-corrected chi connectivity index (χ1v) is 5.67. The van der Waals surface area contributed by atoms with E-state index >= 15 is 0 Å². The van der Waals surface area contributed by atoms with Crippen molar-refractivity contribution in [1.82, 2.24) is 4.98 Å². The van der Waals surface area contributed by atoms with Gasteiger partial charge in [-0.2, -0.15) is 0 Å². The molecular formula is C11H10Cl2N2. The quantitative estimate of drug-likeness (QED) is 0.729. The van der Waals surface area contributed by atoms with Crippen LogP contribution in [0.25, 0.3) is 10.9 Å². The van der Waals surface area contributed by atoms with Crippen LogP contribution in [0.3, 0.4) is 0 Å². The molecule has 3 N–H and O–H groups in total. The monoisotopic (exact) mass is 240 g/mol. The molecule has 1 aliphatic rings. The maximum Gasteiger partial charge on any atom is 0.0662 e. The standard InChI is InChI=1S/C11H10Cl2N2/c12-5-3-6-10-8(14)1-2-9(10)15-11(6)7(13)4-5/h3-4,8,15H,1-2,14H2. The summed E-state index contributed by atoms with van der Waals surface area (Å²) in [7, 11) is 0. The molecule has 1 atom stereocenters. The topological polar surface area (TPSA) is 41.8 Å². The summed E-state index contributed by atoms with van der Waals surface area (Å²) in [6.45, 7) is 0. The number of hydrogen-bond acceptors (Lipinski definition) is 1. The van der Waals surface area contributed by atoms with Crippen LogP contribution >= 0.6 is 23.2 Å². The van der Waals surface area contributed by atoms with E-state index in [4.69, 9.17) is 28.9 Å². The van der Waals surface area contributed by atoms with Gasteiger partial charge in [0.05, 0.1) is 10.5 Å². The largest absolute Gasteiger partial charge is 0.357 e. The van der Waals surface area contributed by atoms with Gasteiger partial charge in [-0.15, -0.1) is 0 Å². The first-order valence-electron chi connectivity index (χ1n) is 4.92. The highest BCUT2D eigenvalue weighted by Gasteiger charge is 2.24. The summed E-state index contributed by atoms with van der Waals surface area (Å²) in [4.78, 5) is 3.33. The number of aromatic amines is 1. The van der Waals surface area contributed by atoms with Gasteiger partial charge < -0.3 is 10.7 Å². The molecule has 1 heterocycles. The van der Waals surface area contributed by atoms with Crippen molar-refractivity contribution in [2.24, 2.45) is 5.73 Å². The van der Waals surface area contributed by atoms with E-state index in [1.807, 2.05) is 6.07 Å². The van der Waals surface area contributed by atoms with E-state index in [1.54, 1.807) is 6.07 Å². The van der Waals surface area contributed by atoms with Crippen molar-refractivity contribution in [1.29, 1.82) is 0 Å². The molecule has 0 fully saturated rings. The summed E-state index contributed by atoms with van der Waals surface area (Å²) in [5.74, 6) is 0. The van der Waals surface area contributed by atoms with Gasteiger partial charge in [0.25, 0.3) is 0 Å². The molecule has 0 aliphatic heterocycles. The minimum absolute atomic E-state index is 0.114. The Kier molecular flexibility index (Phi) is 2.00. The Bertz CT molecular complexity index is 545. The van der Waals surface area contributed by atoms with Crippen LogP contribution in [0.1, 0.15) is 23.7 Å². The van der Waals surface area contributed by atoms with Crippen molar-refractivity contribution in [2.75, 3.05) is 0 Å². The van der Waals surface area contributed by atoms with Crippen molar-refractivity contribution < 1.29 is 0 Å². The summed E-state index contributed by atoms with van der Waals surface area (Å²) < 4.78 is 0. The number of nitrogens with one attached hydrogen (secondary N) is 1. The number of fused-ring (bicyclic) bond motifs is 3. The summed E-state index contributed by atoms with van der Waals surface area (Å²) in [6, 6.07) is 3.80. The number of hydrogen-bond donors (Lipinski definition) is 2. The second-order valence-electron chi connectivity index (χ2n) is 3.97. The average molecular weight is 241 g/mol. The van der Waals surface area contributed by atoms with Gasteiger partial charge in [0.2, 0.25) is 0 Å². The summed E-state index contributed by atoms with van der Waals surface area (Å²) in [6.07, 6.45) is 2.00. The van der Waals surface area contributed by atoms with Crippen molar-refractivity contribution in [3.05, 3.63) is 33.4 Å². The summed E-state index contributed by atoms with van der Waals surface area (Å²) in [5, 5.41) is 2.40. The van der Waals surface area contributed by atoms with Crippen LogP contribution in [0.5, 0.6) is 0 Å². The fourth-order valence-corrected chi connectivity index (χ4v) is 2.90. The Morgan fingerprint density at radius 3 is 2.93 bits per heavy atom. The number of aromatic nitrogens is 1. The molecule has 0 saturated heterocycles. The Hall–Kier alpha value is -0.700. The molecule has 0 spiro atoms. The maximum atomic E-state index is 6.12. The van der Waals surface area contributed by atoms with E-state index in [9.17, 15) is 0 Å². The van der Waals surface area contributed by atoms with Gasteiger partial charge in [-0.1, -0.05) is 23.2 Å². The molecule has 2 nitrogen and oxygen atoms in total. The smallest absolute Gasteiger partial charge is 0.0662 e. The van der Waals surface area contributed by atoms with Crippen molar-refractivity contribution in [3.63, 3.8) is 0 Å². The average Bonchev–Trinajstić information content (AvgIpc) is 2.68. The first-order chi connectivity index (χ1) is 7.16. The van der Waals surface area contributed by atoms with Gasteiger partial charge in [0.15, 0.2) is 0 Å². The van der Waals surface area contributed by atoms with Gasteiger partial charge in [0, 0.05) is 22.1 Å². The van der Waals surface area contributed by atoms with E-state index in [1.165, 1.54) is 11.3 Å². The zero-order valence-corrected chi connectivity index (χ0v) is 9.49. The predicted octanol–water partition coefficient (Wildman–Crippen LogP) is 3.42. The zero-order valence-electron chi connectivity index (χ0n) is 7.98. The van der Waals surface area contributed by atoms with Crippen LogP contribution in [0.4, 0.5) is 0 Å². The van der Waals surface area contributed by atoms with Crippen molar-refractivity contribution in [2.45, 2.75) is 18.9 Å². The molecule has 1 aromatic carbocycles. The number of rotatable bonds is 0. The maximum absolute atomic E-state index is 6.12. The molecule has 1 aliphatic carbocycles. The molecule has 2 aromatic rings. The number of H-pyrrole nitrogens is 1. The molecule has 0 bridgehead atoms. The van der Waals surface area contributed by atoms with Crippen LogP contribution in [-0.4, -0.2) is 4.98 Å². The van der Waals surface area contributed by atoms with Crippen LogP contribution in [0.15, 0.2) is 12.1 Å². The Morgan fingerprint density at radius 1 is 1.33 bits per heavy atom. The molecule has 4 heteroatoms. The first kappa shape index (κ1) is 9.52. The van der Waals surface area contributed by atoms with Crippen molar-refractivity contribution in [3.8, 4) is 0 Å². The molecule has 0 amide bonds. The molecule has 15 heavy (non-hydrogen) atoms. The van der Waals surface area contributed by atoms with Gasteiger partial charge in [-0.05, 0) is 30.5 Å². The lowest BCUT2D eigenvalue weighted by molar-refractivity contribution is 0.714. The third-order valence-electron chi connectivity index (χ3n) is 3.02. The second kappa shape index (κ2) is 3.14. The molecular weight excluding hydrogens is 231 g/mol. The Labute approximate surface area is 97.4 Å². The minimum atomic E-state index is 0.114. The van der Waals surface area contributed by atoms with Crippen LogP contribution in [0, 0.1) is 0 Å². The number of benzene rings is 1. The van der Waals surface area contributed by atoms with Gasteiger partial charge >= 0.3 is 0 Å². The third kappa shape index (κ3) is 1.29. The van der Waals surface area contributed by atoms with E-state index < -0.39 is 0 Å². The molecule has 0 saturated carbocycles. The normalized spacial score (nSPS) is 19.8. The highest BCUT2D eigenvalue weighted by atomic mass is 35.5. The van der Waals surface area contributed by atoms with E-state index in [0.29, 0.717) is 10.0 Å². The van der Waals surface area contributed by atoms with Gasteiger partial charge in [-0.25, -0.2) is 0 Å².